The maximum Gasteiger partial charge on any atom is 0.416 e. The first-order valence-electron chi connectivity index (χ1n) is 10.3. The van der Waals surface area contributed by atoms with Gasteiger partial charge in [0.25, 0.3) is 0 Å². The average molecular weight is 480 g/mol. The largest absolute Gasteiger partial charge is 0.439 e. The normalized spacial score (nSPS) is 13.2. The molecule has 12 heteroatoms. The first kappa shape index (κ1) is 18.2. The minimum Gasteiger partial charge on any atom is -0.439 e. The lowest BCUT2D eigenvalue weighted by Crippen LogP contribution is -2.05. The lowest BCUT2D eigenvalue weighted by Gasteiger charge is -2.08. The summed E-state index contributed by atoms with van der Waals surface area (Å²) in [5, 5.41) is 11.7. The summed E-state index contributed by atoms with van der Waals surface area (Å²) in [6.07, 6.45) is -6.77. The molecule has 32 heavy (non-hydrogen) atoms. The standard InChI is InChI=1S/C20H15F3N6OS2/c1-31-18-26-15(24)10-16(27-18)30-14-7-5-11(6-8-14)17-28-29-19(32-17)25-13-4-2-3-12(9-13)20(21,22)23/h2-10H,1H3,(H,25,29)(H2,24,26,27)/i1D3. The third-order valence-electron chi connectivity index (χ3n) is 3.98. The number of rotatable bonds is 6. The number of nitrogens with two attached hydrogens (primary N) is 1. The molecule has 2 aromatic heterocycles. The number of benzene rings is 2. The van der Waals surface area contributed by atoms with Crippen LogP contribution in [0.5, 0.6) is 11.6 Å². The molecule has 0 fully saturated rings. The van der Waals surface area contributed by atoms with Gasteiger partial charge in [0.15, 0.2) is 5.16 Å². The number of thioether (sulfide) groups is 1. The molecule has 0 bridgehead atoms. The Morgan fingerprint density at radius 1 is 1.09 bits per heavy atom. The van der Waals surface area contributed by atoms with E-state index >= 15 is 0 Å². The van der Waals surface area contributed by atoms with Gasteiger partial charge in [-0.15, -0.1) is 10.2 Å². The molecular formula is C20H15F3N6OS2. The molecule has 0 radical (unpaired) electrons. The fourth-order valence-corrected chi connectivity index (χ4v) is 3.65. The van der Waals surface area contributed by atoms with Gasteiger partial charge in [0, 0.05) is 21.4 Å². The molecule has 2 aromatic carbocycles. The fourth-order valence-electron chi connectivity index (χ4n) is 2.59. The Morgan fingerprint density at radius 2 is 1.91 bits per heavy atom. The number of halogens is 3. The lowest BCUT2D eigenvalue weighted by atomic mass is 10.2. The van der Waals surface area contributed by atoms with E-state index < -0.39 is 17.9 Å². The van der Waals surface area contributed by atoms with Crippen LogP contribution in [-0.4, -0.2) is 26.3 Å². The van der Waals surface area contributed by atoms with Gasteiger partial charge in [-0.25, -0.2) is 4.98 Å². The lowest BCUT2D eigenvalue weighted by molar-refractivity contribution is -0.137. The monoisotopic (exact) mass is 479 g/mol. The topological polar surface area (TPSA) is 98.8 Å². The third kappa shape index (κ3) is 5.26. The molecule has 0 aliphatic heterocycles. The fraction of sp³-hybridized carbons (Fsp3) is 0.100. The van der Waals surface area contributed by atoms with Gasteiger partial charge < -0.3 is 15.8 Å². The van der Waals surface area contributed by atoms with E-state index in [1.54, 1.807) is 24.3 Å². The van der Waals surface area contributed by atoms with E-state index in [2.05, 4.69) is 25.5 Å². The third-order valence-corrected chi connectivity index (χ3v) is 5.24. The van der Waals surface area contributed by atoms with Crippen LogP contribution in [-0.2, 0) is 6.18 Å². The van der Waals surface area contributed by atoms with Gasteiger partial charge in [-0.3, -0.25) is 0 Å². The zero-order valence-corrected chi connectivity index (χ0v) is 17.6. The molecule has 0 unspecified atom stereocenters. The minimum atomic E-state index is -4.44. The van der Waals surface area contributed by atoms with Crippen LogP contribution in [0, 0.1) is 0 Å². The van der Waals surface area contributed by atoms with E-state index in [0.717, 1.165) is 23.5 Å². The van der Waals surface area contributed by atoms with Gasteiger partial charge in [-0.05, 0) is 48.6 Å². The van der Waals surface area contributed by atoms with Crippen molar-refractivity contribution < 1.29 is 22.0 Å². The van der Waals surface area contributed by atoms with Crippen LogP contribution in [0.1, 0.15) is 9.68 Å². The minimum absolute atomic E-state index is 0.0359. The molecule has 0 aliphatic carbocycles. The Labute approximate surface area is 193 Å². The number of nitrogens with one attached hydrogen (secondary N) is 1. The summed E-state index contributed by atoms with van der Waals surface area (Å²) in [6.45, 7) is 0. The van der Waals surface area contributed by atoms with Gasteiger partial charge in [-0.1, -0.05) is 29.2 Å². The van der Waals surface area contributed by atoms with Gasteiger partial charge in [0.2, 0.25) is 11.0 Å². The van der Waals surface area contributed by atoms with Crippen molar-refractivity contribution in [3.8, 4) is 22.2 Å². The van der Waals surface area contributed by atoms with E-state index in [4.69, 9.17) is 14.6 Å². The van der Waals surface area contributed by atoms with Gasteiger partial charge >= 0.3 is 6.18 Å². The summed E-state index contributed by atoms with van der Waals surface area (Å²) in [6, 6.07) is 12.9. The summed E-state index contributed by atoms with van der Waals surface area (Å²) in [7, 11) is 0. The Morgan fingerprint density at radius 3 is 2.66 bits per heavy atom. The van der Waals surface area contributed by atoms with Crippen molar-refractivity contribution in [2.45, 2.75) is 11.3 Å². The molecule has 0 atom stereocenters. The average Bonchev–Trinajstić information content (AvgIpc) is 3.20. The summed E-state index contributed by atoms with van der Waals surface area (Å²) in [5.41, 5.74) is 5.89. The number of nitrogen functional groups attached to an aromatic ring is 1. The Kier molecular flexibility index (Phi) is 5.13. The van der Waals surface area contributed by atoms with Crippen molar-refractivity contribution >= 4 is 39.7 Å². The maximum atomic E-state index is 12.9. The number of alkyl halides is 3. The second kappa shape index (κ2) is 9.01. The van der Waals surface area contributed by atoms with Crippen LogP contribution in [0.2, 0.25) is 0 Å². The van der Waals surface area contributed by atoms with Crippen molar-refractivity contribution in [1.82, 2.24) is 20.2 Å². The van der Waals surface area contributed by atoms with Gasteiger partial charge in [0.05, 0.1) is 5.56 Å². The zero-order valence-electron chi connectivity index (χ0n) is 18.9. The second-order valence-corrected chi connectivity index (χ2v) is 7.80. The number of aromatic nitrogens is 4. The highest BCUT2D eigenvalue weighted by Gasteiger charge is 2.30. The predicted molar refractivity (Wildman–Crippen MR) is 118 cm³/mol. The van der Waals surface area contributed by atoms with Gasteiger partial charge in [0.1, 0.15) is 16.6 Å². The number of ether oxygens (including phenoxy) is 1. The molecule has 3 N–H and O–H groups in total. The second-order valence-electron chi connectivity index (χ2n) is 6.26. The van der Waals surface area contributed by atoms with E-state index in [0.29, 0.717) is 33.2 Å². The highest BCUT2D eigenvalue weighted by Crippen LogP contribution is 2.33. The van der Waals surface area contributed by atoms with Crippen molar-refractivity contribution in [3.63, 3.8) is 0 Å². The molecule has 0 aliphatic rings. The Hall–Kier alpha value is -3.38. The van der Waals surface area contributed by atoms with Crippen LogP contribution in [0.3, 0.4) is 0 Å². The number of hydrogen-bond acceptors (Lipinski definition) is 9. The summed E-state index contributed by atoms with van der Waals surface area (Å²) in [4.78, 5) is 7.93. The van der Waals surface area contributed by atoms with Crippen LogP contribution in [0.15, 0.2) is 59.8 Å². The Balaban J connectivity index is 1.45. The molecule has 7 nitrogen and oxygen atoms in total. The molecule has 164 valence electrons. The number of anilines is 3. The van der Waals surface area contributed by atoms with Crippen molar-refractivity contribution in [3.05, 3.63) is 60.2 Å². The molecular weight excluding hydrogens is 461 g/mol. The van der Waals surface area contributed by atoms with Crippen LogP contribution in [0.25, 0.3) is 10.6 Å². The molecule has 4 rings (SSSR count). The number of hydrogen-bond donors (Lipinski definition) is 2. The van der Waals surface area contributed by atoms with Crippen molar-refractivity contribution in [2.24, 2.45) is 0 Å². The SMILES string of the molecule is [2H]C([2H])([2H])Sc1nc(N)cc(Oc2ccc(-c3nnc(Nc4cccc(C(F)(F)F)c4)s3)cc2)n1. The first-order valence-corrected chi connectivity index (χ1v) is 10.5. The zero-order chi connectivity index (χ0) is 25.2. The van der Waals surface area contributed by atoms with Crippen LogP contribution >= 0.6 is 23.1 Å². The highest BCUT2D eigenvalue weighted by molar-refractivity contribution is 7.98. The molecule has 4 aromatic rings. The predicted octanol–water partition coefficient (Wildman–Crippen LogP) is 5.85. The van der Waals surface area contributed by atoms with Crippen LogP contribution in [0.4, 0.5) is 29.8 Å². The quantitative estimate of drug-likeness (QED) is 0.262. The highest BCUT2D eigenvalue weighted by atomic mass is 32.2. The molecule has 0 saturated carbocycles. The van der Waals surface area contributed by atoms with Crippen molar-refractivity contribution in [1.29, 1.82) is 0 Å². The first-order chi connectivity index (χ1) is 16.4. The van der Waals surface area contributed by atoms with E-state index in [-0.39, 0.29) is 22.5 Å². The number of nitrogens with zero attached hydrogens (tertiary/aromatic N) is 4. The Bertz CT molecular complexity index is 1330. The summed E-state index contributed by atoms with van der Waals surface area (Å²) in [5.74, 6) is 0.553. The van der Waals surface area contributed by atoms with E-state index in [9.17, 15) is 13.2 Å². The van der Waals surface area contributed by atoms with Crippen molar-refractivity contribution in [2.75, 3.05) is 17.2 Å². The van der Waals surface area contributed by atoms with Crippen LogP contribution < -0.4 is 15.8 Å². The van der Waals surface area contributed by atoms with E-state index in [1.165, 1.54) is 18.2 Å². The molecule has 2 heterocycles. The van der Waals surface area contributed by atoms with Gasteiger partial charge in [-0.2, -0.15) is 18.2 Å². The molecule has 0 spiro atoms. The molecule has 0 amide bonds. The summed E-state index contributed by atoms with van der Waals surface area (Å²) < 4.78 is 66.3. The summed E-state index contributed by atoms with van der Waals surface area (Å²) >= 11 is 1.65. The molecule has 0 saturated heterocycles. The smallest absolute Gasteiger partial charge is 0.416 e. The van der Waals surface area contributed by atoms with E-state index in [1.807, 2.05) is 0 Å². The maximum absolute atomic E-state index is 12.9.